The lowest BCUT2D eigenvalue weighted by Crippen LogP contribution is -2.19. The van der Waals surface area contributed by atoms with Crippen LogP contribution in [-0.2, 0) is 30.0 Å². The number of hydrogen-bond donors (Lipinski definition) is 0. The van der Waals surface area contributed by atoms with Crippen LogP contribution in [0.1, 0.15) is 27.8 Å². The molecule has 0 radical (unpaired) electrons. The molecule has 0 spiro atoms. The van der Waals surface area contributed by atoms with Gasteiger partial charge in [-0.1, -0.05) is 17.7 Å². The number of alkyl halides is 6. The van der Waals surface area contributed by atoms with Crippen LogP contribution in [-0.4, -0.2) is 5.78 Å². The summed E-state index contributed by atoms with van der Waals surface area (Å²) in [6, 6.07) is 2.77. The monoisotopic (exact) mass is 432 g/mol. The van der Waals surface area contributed by atoms with Crippen LogP contribution in [0.3, 0.4) is 0 Å². The molecule has 158 valence electrons. The first kappa shape index (κ1) is 22.7. The summed E-state index contributed by atoms with van der Waals surface area (Å²) >= 11 is 0. The maximum absolute atomic E-state index is 13.9. The van der Waals surface area contributed by atoms with Gasteiger partial charge in [0.2, 0.25) is 0 Å². The van der Waals surface area contributed by atoms with Gasteiger partial charge >= 0.3 is 12.4 Å². The van der Waals surface area contributed by atoms with Crippen LogP contribution in [0.5, 0.6) is 0 Å². The molecule has 0 saturated carbocycles. The van der Waals surface area contributed by atoms with E-state index in [-0.39, 0.29) is 0 Å². The molecule has 0 N–H and O–H groups in total. The van der Waals surface area contributed by atoms with Gasteiger partial charge in [-0.3, -0.25) is 4.79 Å². The average Bonchev–Trinajstić information content (AvgIpc) is 2.54. The van der Waals surface area contributed by atoms with Gasteiger partial charge in [0, 0.05) is 18.4 Å². The zero-order valence-electron chi connectivity index (χ0n) is 14.3. The molecule has 0 aliphatic rings. The molecule has 1 nitrogen and oxygen atoms in total. The Bertz CT molecular complexity index is 928. The second-order valence-electron chi connectivity index (χ2n) is 6.16. The quantitative estimate of drug-likeness (QED) is 0.432. The summed E-state index contributed by atoms with van der Waals surface area (Å²) < 4.78 is 132. The molecule has 0 bridgehead atoms. The Morgan fingerprint density at radius 1 is 0.793 bits per heavy atom. The van der Waals surface area contributed by atoms with Gasteiger partial charge in [-0.15, -0.1) is 0 Å². The van der Waals surface area contributed by atoms with E-state index in [2.05, 4.69) is 0 Å². The molecular weight excluding hydrogens is 422 g/mol. The highest BCUT2D eigenvalue weighted by atomic mass is 19.4. The fourth-order valence-corrected chi connectivity index (χ4v) is 2.70. The second kappa shape index (κ2) is 7.68. The van der Waals surface area contributed by atoms with E-state index in [1.54, 1.807) is 0 Å². The Morgan fingerprint density at radius 3 is 1.76 bits per heavy atom. The van der Waals surface area contributed by atoms with Gasteiger partial charge in [-0.05, 0) is 18.6 Å². The number of halogens is 10. The number of Topliss-reactive ketones (excluding diaryl/α,β-unsaturated/α-hetero) is 1. The van der Waals surface area contributed by atoms with Crippen molar-refractivity contribution in [2.24, 2.45) is 0 Å². The summed E-state index contributed by atoms with van der Waals surface area (Å²) in [5.41, 5.74) is -5.89. The van der Waals surface area contributed by atoms with Crippen molar-refractivity contribution in [3.63, 3.8) is 0 Å². The topological polar surface area (TPSA) is 17.1 Å². The summed E-state index contributed by atoms with van der Waals surface area (Å²) in [7, 11) is 0. The van der Waals surface area contributed by atoms with Crippen molar-refractivity contribution >= 4 is 5.78 Å². The first-order valence-corrected chi connectivity index (χ1v) is 7.75. The summed E-state index contributed by atoms with van der Waals surface area (Å²) in [4.78, 5) is 12.0. The molecule has 0 heterocycles. The van der Waals surface area contributed by atoms with Crippen molar-refractivity contribution in [1.82, 2.24) is 0 Å². The third kappa shape index (κ3) is 4.70. The van der Waals surface area contributed by atoms with Crippen LogP contribution in [0.25, 0.3) is 0 Å². The fraction of sp³-hybridized carbons (Fsp3) is 0.278. The molecule has 11 heteroatoms. The lowest BCUT2D eigenvalue weighted by molar-refractivity contribution is -0.143. The first-order chi connectivity index (χ1) is 13.1. The Morgan fingerprint density at radius 2 is 1.31 bits per heavy atom. The van der Waals surface area contributed by atoms with Gasteiger partial charge in [0.1, 0.15) is 11.3 Å². The molecule has 0 atom stereocenters. The average molecular weight is 432 g/mol. The molecule has 0 aromatic heterocycles. The molecule has 0 saturated heterocycles. The number of rotatable bonds is 4. The summed E-state index contributed by atoms with van der Waals surface area (Å²) in [5.74, 6) is -11.7. The van der Waals surface area contributed by atoms with Crippen molar-refractivity contribution in [2.45, 2.75) is 32.1 Å². The number of benzene rings is 2. The summed E-state index contributed by atoms with van der Waals surface area (Å²) in [6.45, 7) is 1.41. The smallest absolute Gasteiger partial charge is 0.299 e. The molecule has 2 rings (SSSR count). The van der Waals surface area contributed by atoms with Crippen LogP contribution < -0.4 is 0 Å². The minimum absolute atomic E-state index is 0.324. The number of aryl methyl sites for hydroxylation is 1. The SMILES string of the molecule is Cc1ccc(C(F)(F)F)c(CC(=O)Cc2c(F)c(F)c(C(F)(F)F)c(F)c2F)c1. The van der Waals surface area contributed by atoms with Gasteiger partial charge in [0.15, 0.2) is 23.3 Å². The largest absolute Gasteiger partial charge is 0.422 e. The van der Waals surface area contributed by atoms with Crippen molar-refractivity contribution in [3.8, 4) is 0 Å². The third-order valence-corrected chi connectivity index (χ3v) is 3.97. The molecule has 0 amide bonds. The van der Waals surface area contributed by atoms with Crippen LogP contribution in [0, 0.1) is 30.2 Å². The Labute approximate surface area is 156 Å². The van der Waals surface area contributed by atoms with Crippen molar-refractivity contribution in [1.29, 1.82) is 0 Å². The lowest BCUT2D eigenvalue weighted by atomic mass is 9.95. The van der Waals surface area contributed by atoms with E-state index < -0.39 is 76.5 Å². The molecule has 0 aliphatic carbocycles. The zero-order chi connectivity index (χ0) is 22.3. The highest BCUT2D eigenvalue weighted by molar-refractivity contribution is 5.83. The number of carbonyl (C=O) groups is 1. The fourth-order valence-electron chi connectivity index (χ4n) is 2.70. The minimum atomic E-state index is -5.75. The summed E-state index contributed by atoms with van der Waals surface area (Å²) in [6.07, 6.45) is -13.1. The van der Waals surface area contributed by atoms with Gasteiger partial charge < -0.3 is 0 Å². The van der Waals surface area contributed by atoms with Crippen LogP contribution >= 0.6 is 0 Å². The predicted molar refractivity (Wildman–Crippen MR) is 79.9 cm³/mol. The molecule has 29 heavy (non-hydrogen) atoms. The highest BCUT2D eigenvalue weighted by Gasteiger charge is 2.42. The molecule has 2 aromatic carbocycles. The third-order valence-electron chi connectivity index (χ3n) is 3.97. The first-order valence-electron chi connectivity index (χ1n) is 7.75. The standard InChI is InChI=1S/C18H10F10O/c1-7-2-3-11(17(23,24)25)8(4-7)5-9(29)6-10-13(19)15(21)12(18(26,27)28)16(22)14(10)20/h2-4H,5-6H2,1H3. The zero-order valence-corrected chi connectivity index (χ0v) is 14.3. The Kier molecular flexibility index (Phi) is 6.01. The van der Waals surface area contributed by atoms with Crippen LogP contribution in [0.2, 0.25) is 0 Å². The molecular formula is C18H10F10O. The number of carbonyl (C=O) groups excluding carboxylic acids is 1. The molecule has 0 aliphatic heterocycles. The van der Waals surface area contributed by atoms with E-state index in [4.69, 9.17) is 0 Å². The van der Waals surface area contributed by atoms with E-state index in [1.165, 1.54) is 6.92 Å². The van der Waals surface area contributed by atoms with Gasteiger partial charge in [0.25, 0.3) is 0 Å². The predicted octanol–water partition coefficient (Wildman–Crippen LogP) is 5.94. The van der Waals surface area contributed by atoms with Crippen LogP contribution in [0.4, 0.5) is 43.9 Å². The van der Waals surface area contributed by atoms with E-state index in [1.807, 2.05) is 0 Å². The molecule has 2 aromatic rings. The maximum Gasteiger partial charge on any atom is 0.422 e. The van der Waals surface area contributed by atoms with E-state index in [0.29, 0.717) is 11.6 Å². The van der Waals surface area contributed by atoms with Crippen LogP contribution in [0.15, 0.2) is 18.2 Å². The van der Waals surface area contributed by atoms with E-state index in [9.17, 15) is 48.7 Å². The molecule has 0 unspecified atom stereocenters. The van der Waals surface area contributed by atoms with E-state index in [0.717, 1.165) is 12.1 Å². The highest BCUT2D eigenvalue weighted by Crippen LogP contribution is 2.37. The van der Waals surface area contributed by atoms with Gasteiger partial charge in [-0.25, -0.2) is 17.6 Å². The van der Waals surface area contributed by atoms with Gasteiger partial charge in [-0.2, -0.15) is 26.3 Å². The van der Waals surface area contributed by atoms with E-state index >= 15 is 0 Å². The Balaban J connectivity index is 2.42. The summed E-state index contributed by atoms with van der Waals surface area (Å²) in [5, 5.41) is 0. The van der Waals surface area contributed by atoms with Crippen molar-refractivity contribution in [3.05, 3.63) is 69.3 Å². The van der Waals surface area contributed by atoms with Gasteiger partial charge in [0.05, 0.1) is 5.56 Å². The number of ketones is 1. The second-order valence-corrected chi connectivity index (χ2v) is 6.16. The molecule has 0 fully saturated rings. The number of hydrogen-bond acceptors (Lipinski definition) is 1. The normalized spacial score (nSPS) is 12.4. The maximum atomic E-state index is 13.9. The lowest BCUT2D eigenvalue weighted by Gasteiger charge is -2.15. The van der Waals surface area contributed by atoms with Crippen molar-refractivity contribution < 1.29 is 48.7 Å². The van der Waals surface area contributed by atoms with Crippen molar-refractivity contribution in [2.75, 3.05) is 0 Å². The minimum Gasteiger partial charge on any atom is -0.299 e. The Hall–Kier alpha value is -2.59.